The zero-order chi connectivity index (χ0) is 17.3. The molecule has 1 aromatic heterocycles. The normalized spacial score (nSPS) is 19.7. The largest absolute Gasteiger partial charge is 0.495 e. The topological polar surface area (TPSA) is 74.6 Å². The molecule has 1 saturated heterocycles. The van der Waals surface area contributed by atoms with E-state index in [-0.39, 0.29) is 12.0 Å². The van der Waals surface area contributed by atoms with Crippen LogP contribution in [0.2, 0.25) is 5.02 Å². The van der Waals surface area contributed by atoms with E-state index in [4.69, 9.17) is 25.8 Å². The number of rotatable bonds is 5. The Labute approximate surface area is 144 Å². The Kier molecular flexibility index (Phi) is 4.75. The van der Waals surface area contributed by atoms with Gasteiger partial charge in [-0.3, -0.25) is 0 Å². The Morgan fingerprint density at radius 3 is 2.79 bits per heavy atom. The molecule has 1 fully saturated rings. The summed E-state index contributed by atoms with van der Waals surface area (Å²) in [5, 5.41) is 3.66. The highest BCUT2D eigenvalue weighted by atomic mass is 35.5. The summed E-state index contributed by atoms with van der Waals surface area (Å²) >= 11 is 6.12. The monoisotopic (exact) mass is 351 g/mol. The molecule has 1 aliphatic rings. The van der Waals surface area contributed by atoms with Gasteiger partial charge in [0.05, 0.1) is 17.7 Å². The predicted molar refractivity (Wildman–Crippen MR) is 89.2 cm³/mol. The van der Waals surface area contributed by atoms with Crippen LogP contribution in [0.25, 0.3) is 0 Å². The molecule has 128 valence electrons. The average Bonchev–Trinajstić information content (AvgIpc) is 2.53. The number of hydrogen-bond acceptors (Lipinski definition) is 6. The summed E-state index contributed by atoms with van der Waals surface area (Å²) < 4.78 is 17.5. The van der Waals surface area contributed by atoms with Crippen LogP contribution in [0.5, 0.6) is 5.75 Å². The lowest BCUT2D eigenvalue weighted by molar-refractivity contribution is -0.382. The quantitative estimate of drug-likeness (QED) is 0.891. The second kappa shape index (κ2) is 6.80. The lowest BCUT2D eigenvalue weighted by Gasteiger charge is -2.34. The zero-order valence-electron chi connectivity index (χ0n) is 13.6. The van der Waals surface area contributed by atoms with Gasteiger partial charge in [-0.2, -0.15) is 4.98 Å². The van der Waals surface area contributed by atoms with Crippen LogP contribution in [0.1, 0.15) is 24.3 Å². The molecule has 2 heterocycles. The Morgan fingerprint density at radius 1 is 1.42 bits per heavy atom. The van der Waals surface area contributed by atoms with Crippen LogP contribution in [-0.2, 0) is 23.1 Å². The molecule has 0 aliphatic carbocycles. The number of nitrogens with zero attached hydrogens (tertiary/aromatic N) is 2. The fourth-order valence-corrected chi connectivity index (χ4v) is 2.67. The summed E-state index contributed by atoms with van der Waals surface area (Å²) in [5.41, 5.74) is 1.24. The Hall–Kier alpha value is -2.09. The van der Waals surface area contributed by atoms with Gasteiger partial charge in [0.2, 0.25) is 0 Å². The van der Waals surface area contributed by atoms with Crippen molar-refractivity contribution in [1.82, 2.24) is 9.55 Å². The highest BCUT2D eigenvalue weighted by Crippen LogP contribution is 2.34. The number of aryl methyl sites for hydroxylation is 1. The predicted octanol–water partition coefficient (Wildman–Crippen LogP) is 2.45. The van der Waals surface area contributed by atoms with Crippen LogP contribution >= 0.6 is 11.6 Å². The summed E-state index contributed by atoms with van der Waals surface area (Å²) in [6.45, 7) is 2.25. The number of aromatic nitrogens is 2. The molecule has 0 unspecified atom stereocenters. The van der Waals surface area contributed by atoms with Gasteiger partial charge in [-0.25, -0.2) is 4.79 Å². The molecule has 8 heteroatoms. The molecule has 0 saturated carbocycles. The first-order valence-corrected chi connectivity index (χ1v) is 7.80. The summed E-state index contributed by atoms with van der Waals surface area (Å²) in [4.78, 5) is 15.9. The molecule has 0 amide bonds. The smallest absolute Gasteiger partial charge is 0.349 e. The van der Waals surface area contributed by atoms with Gasteiger partial charge in [0.25, 0.3) is 0 Å². The number of anilines is 1. The van der Waals surface area contributed by atoms with Crippen LogP contribution in [0, 0.1) is 0 Å². The van der Waals surface area contributed by atoms with Crippen molar-refractivity contribution >= 4 is 17.4 Å². The third kappa shape index (κ3) is 3.38. The van der Waals surface area contributed by atoms with E-state index in [2.05, 4.69) is 10.3 Å². The van der Waals surface area contributed by atoms with Crippen LogP contribution in [-0.4, -0.2) is 23.0 Å². The fourth-order valence-electron chi connectivity index (χ4n) is 2.39. The van der Waals surface area contributed by atoms with Crippen molar-refractivity contribution in [3.8, 4) is 5.75 Å². The van der Waals surface area contributed by atoms with Crippen molar-refractivity contribution in [3.05, 3.63) is 51.0 Å². The maximum atomic E-state index is 11.8. The van der Waals surface area contributed by atoms with Crippen molar-refractivity contribution in [2.75, 3.05) is 12.4 Å². The molecule has 1 aliphatic heterocycles. The molecule has 24 heavy (non-hydrogen) atoms. The van der Waals surface area contributed by atoms with E-state index in [0.29, 0.717) is 28.7 Å². The number of ether oxygens (including phenoxy) is 3. The van der Waals surface area contributed by atoms with Gasteiger partial charge in [0.1, 0.15) is 11.6 Å². The van der Waals surface area contributed by atoms with E-state index < -0.39 is 6.29 Å². The molecule has 7 nitrogen and oxygen atoms in total. The van der Waals surface area contributed by atoms with Gasteiger partial charge in [0.15, 0.2) is 12.6 Å². The van der Waals surface area contributed by atoms with Crippen molar-refractivity contribution in [3.63, 3.8) is 0 Å². The zero-order valence-corrected chi connectivity index (χ0v) is 14.3. The van der Waals surface area contributed by atoms with Crippen LogP contribution in [0.4, 0.5) is 5.82 Å². The van der Waals surface area contributed by atoms with E-state index in [9.17, 15) is 4.79 Å². The molecule has 0 atom stereocenters. The molecular weight excluding hydrogens is 334 g/mol. The van der Waals surface area contributed by atoms with E-state index in [1.54, 1.807) is 39.4 Å². The molecule has 0 radical (unpaired) electrons. The van der Waals surface area contributed by atoms with Gasteiger partial charge in [0, 0.05) is 19.8 Å². The van der Waals surface area contributed by atoms with Crippen LogP contribution in [0.3, 0.4) is 0 Å². The van der Waals surface area contributed by atoms with Gasteiger partial charge in [-0.15, -0.1) is 0 Å². The SMILES string of the molecule is COc1ccc(CNc2nc(=O)n(C)cc2C2OC(C)O2)cc1Cl. The van der Waals surface area contributed by atoms with Gasteiger partial charge >= 0.3 is 5.69 Å². The molecule has 0 spiro atoms. The fraction of sp³-hybridized carbons (Fsp3) is 0.375. The minimum absolute atomic E-state index is 0.263. The average molecular weight is 352 g/mol. The number of halogens is 1. The van der Waals surface area contributed by atoms with E-state index in [0.717, 1.165) is 5.56 Å². The lowest BCUT2D eigenvalue weighted by atomic mass is 10.2. The molecule has 1 aromatic carbocycles. The first-order chi connectivity index (χ1) is 11.5. The van der Waals surface area contributed by atoms with E-state index >= 15 is 0 Å². The molecular formula is C16H18ClN3O4. The van der Waals surface area contributed by atoms with Gasteiger partial charge in [-0.1, -0.05) is 17.7 Å². The summed E-state index contributed by atoms with van der Waals surface area (Å²) in [7, 11) is 3.20. The Morgan fingerprint density at radius 2 is 2.17 bits per heavy atom. The third-order valence-corrected chi connectivity index (χ3v) is 3.97. The number of methoxy groups -OCH3 is 1. The Bertz CT molecular complexity index is 802. The minimum Gasteiger partial charge on any atom is -0.495 e. The van der Waals surface area contributed by atoms with Crippen molar-refractivity contribution < 1.29 is 14.2 Å². The molecule has 0 bridgehead atoms. The van der Waals surface area contributed by atoms with Crippen LogP contribution < -0.4 is 15.7 Å². The minimum atomic E-state index is -0.527. The van der Waals surface area contributed by atoms with Crippen molar-refractivity contribution in [2.24, 2.45) is 7.05 Å². The number of nitrogens with one attached hydrogen (secondary N) is 1. The standard InChI is InChI=1S/C16H18ClN3O4/c1-9-23-15(24-9)11-8-20(2)16(21)19-14(11)18-7-10-4-5-13(22-3)12(17)6-10/h4-6,8-9,15H,7H2,1-3H3,(H,18,19,21). The van der Waals surface area contributed by atoms with Crippen molar-refractivity contribution in [1.29, 1.82) is 0 Å². The first kappa shape index (κ1) is 16.8. The maximum Gasteiger partial charge on any atom is 0.349 e. The van der Waals surface area contributed by atoms with Gasteiger partial charge in [-0.05, 0) is 24.6 Å². The van der Waals surface area contributed by atoms with E-state index in [1.807, 2.05) is 6.07 Å². The first-order valence-electron chi connectivity index (χ1n) is 7.42. The second-order valence-electron chi connectivity index (χ2n) is 5.43. The third-order valence-electron chi connectivity index (χ3n) is 3.68. The van der Waals surface area contributed by atoms with Gasteiger partial charge < -0.3 is 24.1 Å². The molecule has 2 aromatic rings. The highest BCUT2D eigenvalue weighted by Gasteiger charge is 2.31. The summed E-state index contributed by atoms with van der Waals surface area (Å²) in [6.07, 6.45) is 0.872. The van der Waals surface area contributed by atoms with E-state index in [1.165, 1.54) is 4.57 Å². The summed E-state index contributed by atoms with van der Waals surface area (Å²) in [5.74, 6) is 1.04. The molecule has 1 N–H and O–H groups in total. The van der Waals surface area contributed by atoms with Crippen molar-refractivity contribution in [2.45, 2.75) is 26.0 Å². The number of benzene rings is 1. The van der Waals surface area contributed by atoms with Crippen LogP contribution in [0.15, 0.2) is 29.2 Å². The lowest BCUT2D eigenvalue weighted by Crippen LogP contribution is -2.34. The number of hydrogen-bond donors (Lipinski definition) is 1. The maximum absolute atomic E-state index is 11.8. The second-order valence-corrected chi connectivity index (χ2v) is 5.84. The Balaban J connectivity index is 1.80. The molecule has 3 rings (SSSR count). The summed E-state index contributed by atoms with van der Waals surface area (Å²) in [6, 6.07) is 5.47. The highest BCUT2D eigenvalue weighted by molar-refractivity contribution is 6.32.